The normalized spacial score (nSPS) is 22.3. The first-order valence-electron chi connectivity index (χ1n) is 16.1. The number of hydrogen-bond acceptors (Lipinski definition) is 8. The number of alkyl halides is 4. The number of aromatic nitrogens is 4. The van der Waals surface area contributed by atoms with Gasteiger partial charge in [-0.1, -0.05) is 12.1 Å². The standard InChI is InChI=1S/C33H34F5N9O/c1-39-23-12-27(44-47-25(14-42-29(23)47)30(48)43-26-5-7-32(26,35)36)46-10-6-20-21(3-2-4-24(20)46)28-22(34)11-19(13-41-28)15-45-17-31(18-45)8-9-40-16-33(31,37)38/h2-4,11-14,26,39-40H,5-10,15-18H2,1H3,(H,43,48)/t26-/m1/s1. The predicted molar refractivity (Wildman–Crippen MR) is 168 cm³/mol. The van der Waals surface area contributed by atoms with Gasteiger partial charge in [-0.2, -0.15) is 0 Å². The van der Waals surface area contributed by atoms with Gasteiger partial charge in [-0.05, 0) is 49.1 Å². The Bertz CT molecular complexity index is 1920. The first-order chi connectivity index (χ1) is 23.0. The van der Waals surface area contributed by atoms with Gasteiger partial charge in [0.2, 0.25) is 0 Å². The smallest absolute Gasteiger partial charge is 0.272 e. The maximum Gasteiger partial charge on any atom is 0.272 e. The van der Waals surface area contributed by atoms with Crippen LogP contribution >= 0.6 is 0 Å². The van der Waals surface area contributed by atoms with Crippen molar-refractivity contribution in [2.75, 3.05) is 50.0 Å². The number of nitrogens with zero attached hydrogens (tertiary/aromatic N) is 6. The molecule has 3 aromatic heterocycles. The Hall–Kier alpha value is -4.37. The molecule has 3 aliphatic heterocycles. The zero-order valence-corrected chi connectivity index (χ0v) is 26.2. The molecule has 8 rings (SSSR count). The van der Waals surface area contributed by atoms with E-state index >= 15 is 4.39 Å². The average Bonchev–Trinajstić information content (AvgIpc) is 3.68. The van der Waals surface area contributed by atoms with E-state index in [9.17, 15) is 22.4 Å². The molecular weight excluding hydrogens is 633 g/mol. The number of nitrogens with one attached hydrogen (secondary N) is 3. The van der Waals surface area contributed by atoms with Crippen molar-refractivity contribution in [3.8, 4) is 11.3 Å². The summed E-state index contributed by atoms with van der Waals surface area (Å²) in [6.45, 7) is 1.65. The highest BCUT2D eigenvalue weighted by atomic mass is 19.3. The number of halogens is 5. The van der Waals surface area contributed by atoms with E-state index < -0.39 is 35.0 Å². The number of hydrogen-bond donors (Lipinski definition) is 3. The van der Waals surface area contributed by atoms with E-state index in [0.717, 1.165) is 11.3 Å². The highest BCUT2D eigenvalue weighted by molar-refractivity contribution is 5.94. The lowest BCUT2D eigenvalue weighted by Crippen LogP contribution is -2.69. The predicted octanol–water partition coefficient (Wildman–Crippen LogP) is 4.62. The van der Waals surface area contributed by atoms with Gasteiger partial charge in [0, 0.05) is 63.2 Å². The van der Waals surface area contributed by atoms with Crippen molar-refractivity contribution in [1.82, 2.24) is 35.1 Å². The first-order valence-corrected chi connectivity index (χ1v) is 16.1. The molecule has 1 atom stereocenters. The molecule has 15 heteroatoms. The van der Waals surface area contributed by atoms with Crippen LogP contribution in [0, 0.1) is 11.2 Å². The summed E-state index contributed by atoms with van der Waals surface area (Å²) >= 11 is 0. The van der Waals surface area contributed by atoms with E-state index in [1.165, 1.54) is 16.8 Å². The lowest BCUT2D eigenvalue weighted by Gasteiger charge is -2.56. The molecule has 0 unspecified atom stereocenters. The number of carbonyl (C=O) groups excluding carboxylic acids is 1. The van der Waals surface area contributed by atoms with Crippen molar-refractivity contribution >= 4 is 28.7 Å². The van der Waals surface area contributed by atoms with Crippen LogP contribution in [-0.4, -0.2) is 88.0 Å². The summed E-state index contributed by atoms with van der Waals surface area (Å²) < 4.78 is 73.9. The number of imidazole rings is 1. The second kappa shape index (κ2) is 11.1. The van der Waals surface area contributed by atoms with Crippen molar-refractivity contribution < 1.29 is 26.7 Å². The molecule has 3 N–H and O–H groups in total. The van der Waals surface area contributed by atoms with Gasteiger partial charge in [0.15, 0.2) is 17.2 Å². The Morgan fingerprint density at radius 3 is 2.65 bits per heavy atom. The van der Waals surface area contributed by atoms with Gasteiger partial charge in [0.25, 0.3) is 17.8 Å². The van der Waals surface area contributed by atoms with E-state index in [-0.39, 0.29) is 43.9 Å². The summed E-state index contributed by atoms with van der Waals surface area (Å²) in [6, 6.07) is 7.52. The minimum Gasteiger partial charge on any atom is -0.385 e. The van der Waals surface area contributed by atoms with Gasteiger partial charge >= 0.3 is 0 Å². The van der Waals surface area contributed by atoms with E-state index in [2.05, 4.69) is 25.9 Å². The number of carbonyl (C=O) groups is 1. The minimum absolute atomic E-state index is 0.0310. The van der Waals surface area contributed by atoms with Crippen molar-refractivity contribution in [1.29, 1.82) is 0 Å². The van der Waals surface area contributed by atoms with E-state index in [1.807, 2.05) is 28.0 Å². The Morgan fingerprint density at radius 1 is 1.10 bits per heavy atom. The van der Waals surface area contributed by atoms with Gasteiger partial charge < -0.3 is 20.9 Å². The number of fused-ring (bicyclic) bond motifs is 2. The monoisotopic (exact) mass is 667 g/mol. The average molecular weight is 668 g/mol. The largest absolute Gasteiger partial charge is 0.385 e. The van der Waals surface area contributed by atoms with E-state index in [1.54, 1.807) is 19.3 Å². The summed E-state index contributed by atoms with van der Waals surface area (Å²) in [5.41, 5.74) is 3.08. The summed E-state index contributed by atoms with van der Waals surface area (Å²) in [5, 5.41) is 13.0. The molecule has 1 saturated carbocycles. The maximum absolute atomic E-state index is 15.7. The maximum atomic E-state index is 15.7. The molecule has 0 radical (unpaired) electrons. The lowest BCUT2D eigenvalue weighted by molar-refractivity contribution is -0.205. The molecule has 1 amide bonds. The number of amides is 1. The number of pyridine rings is 1. The molecule has 0 bridgehead atoms. The molecule has 2 saturated heterocycles. The van der Waals surface area contributed by atoms with Crippen LogP contribution in [0.2, 0.25) is 0 Å². The van der Waals surface area contributed by atoms with Gasteiger partial charge in [0.1, 0.15) is 11.5 Å². The zero-order valence-electron chi connectivity index (χ0n) is 26.2. The summed E-state index contributed by atoms with van der Waals surface area (Å²) in [5.74, 6) is -6.41. The molecule has 6 heterocycles. The van der Waals surface area contributed by atoms with Crippen LogP contribution in [0.25, 0.3) is 16.9 Å². The van der Waals surface area contributed by atoms with Crippen molar-refractivity contribution in [2.45, 2.75) is 50.1 Å². The number of likely N-dealkylation sites (tertiary alicyclic amines) is 1. The SMILES string of the molecule is CNc1cc(N2CCc3c(-c4ncc(CN5CC6(CCNCC6(F)F)C5)cc4F)cccc32)nn2c(C(=O)N[C@@H]3CCC3(F)F)cnc12. The number of piperidine rings is 1. The van der Waals surface area contributed by atoms with Gasteiger partial charge in [-0.15, -0.1) is 5.10 Å². The van der Waals surface area contributed by atoms with E-state index in [0.29, 0.717) is 60.8 Å². The first kappa shape index (κ1) is 30.9. The fourth-order valence-corrected chi connectivity index (χ4v) is 7.51. The molecule has 252 valence electrons. The summed E-state index contributed by atoms with van der Waals surface area (Å²) in [7, 11) is 1.71. The quantitative estimate of drug-likeness (QED) is 0.246. The van der Waals surface area contributed by atoms with Crippen molar-refractivity contribution in [3.63, 3.8) is 0 Å². The molecule has 10 nitrogen and oxygen atoms in total. The van der Waals surface area contributed by atoms with Crippen LogP contribution in [0.4, 0.5) is 39.1 Å². The second-order valence-electron chi connectivity index (χ2n) is 13.3. The molecule has 4 aliphatic rings. The van der Waals surface area contributed by atoms with Crippen LogP contribution in [0.3, 0.4) is 0 Å². The van der Waals surface area contributed by atoms with Gasteiger partial charge in [-0.3, -0.25) is 14.7 Å². The molecule has 48 heavy (non-hydrogen) atoms. The van der Waals surface area contributed by atoms with Crippen LogP contribution in [0.5, 0.6) is 0 Å². The number of anilines is 3. The lowest BCUT2D eigenvalue weighted by atomic mass is 9.69. The van der Waals surface area contributed by atoms with Crippen molar-refractivity contribution in [3.05, 3.63) is 65.4 Å². The zero-order chi connectivity index (χ0) is 33.4. The Kier molecular flexibility index (Phi) is 7.14. The van der Waals surface area contributed by atoms with Crippen LogP contribution in [-0.2, 0) is 13.0 Å². The summed E-state index contributed by atoms with van der Waals surface area (Å²) in [6.07, 6.45) is 3.83. The molecular formula is C33H34F5N9O. The topological polar surface area (TPSA) is 103 Å². The van der Waals surface area contributed by atoms with Crippen LogP contribution in [0.1, 0.15) is 40.9 Å². The van der Waals surface area contributed by atoms with Gasteiger partial charge in [0.05, 0.1) is 29.9 Å². The highest BCUT2D eigenvalue weighted by Gasteiger charge is 2.60. The fourth-order valence-electron chi connectivity index (χ4n) is 7.51. The Morgan fingerprint density at radius 2 is 1.94 bits per heavy atom. The molecule has 1 spiro atoms. The Balaban J connectivity index is 1.04. The molecule has 4 aromatic rings. The third kappa shape index (κ3) is 4.88. The third-order valence-electron chi connectivity index (χ3n) is 10.4. The molecule has 3 fully saturated rings. The number of benzene rings is 1. The third-order valence-corrected chi connectivity index (χ3v) is 10.4. The van der Waals surface area contributed by atoms with Crippen LogP contribution < -0.4 is 20.9 Å². The molecule has 1 aromatic carbocycles. The van der Waals surface area contributed by atoms with E-state index in [4.69, 9.17) is 5.10 Å². The molecule has 1 aliphatic carbocycles. The highest BCUT2D eigenvalue weighted by Crippen LogP contribution is 2.49. The van der Waals surface area contributed by atoms with Crippen molar-refractivity contribution in [2.24, 2.45) is 5.41 Å². The Labute approximate surface area is 272 Å². The van der Waals surface area contributed by atoms with Gasteiger partial charge in [-0.25, -0.2) is 31.5 Å². The fraction of sp³-hybridized carbons (Fsp3) is 0.455. The second-order valence-corrected chi connectivity index (χ2v) is 13.3. The van der Waals surface area contributed by atoms with Crippen LogP contribution in [0.15, 0.2) is 42.7 Å². The minimum atomic E-state index is -2.94. The number of rotatable bonds is 7. The summed E-state index contributed by atoms with van der Waals surface area (Å²) in [4.78, 5) is 25.7.